The summed E-state index contributed by atoms with van der Waals surface area (Å²) >= 11 is 0. The maximum absolute atomic E-state index is 10.8. The van der Waals surface area contributed by atoms with Crippen LogP contribution < -0.4 is 5.73 Å². The van der Waals surface area contributed by atoms with E-state index in [-0.39, 0.29) is 11.8 Å². The molecule has 0 aromatic heterocycles. The molecule has 19 heavy (non-hydrogen) atoms. The molecule has 0 radical (unpaired) electrons. The Morgan fingerprint density at radius 2 is 1.58 bits per heavy atom. The Bertz CT molecular complexity index is 406. The minimum absolute atomic E-state index is 0.0792. The molecule has 110 valence electrons. The summed E-state index contributed by atoms with van der Waals surface area (Å²) < 4.78 is 30.3. The van der Waals surface area contributed by atoms with Crippen molar-refractivity contribution in [2.75, 3.05) is 5.75 Å². The van der Waals surface area contributed by atoms with Crippen LogP contribution in [0, 0.1) is 29.6 Å². The van der Waals surface area contributed by atoms with Gasteiger partial charge in [0.2, 0.25) is 0 Å². The van der Waals surface area contributed by atoms with Gasteiger partial charge < -0.3 is 5.73 Å². The van der Waals surface area contributed by atoms with E-state index in [2.05, 4.69) is 0 Å². The molecule has 0 heterocycles. The zero-order valence-corrected chi connectivity index (χ0v) is 12.2. The second-order valence-electron chi connectivity index (χ2n) is 7.17. The summed E-state index contributed by atoms with van der Waals surface area (Å²) in [4.78, 5) is 0. The van der Waals surface area contributed by atoms with Gasteiger partial charge in [0.25, 0.3) is 10.1 Å². The lowest BCUT2D eigenvalue weighted by Gasteiger charge is -2.55. The minimum atomic E-state index is -3.86. The monoisotopic (exact) mass is 287 g/mol. The molecule has 0 amide bonds. The quantitative estimate of drug-likeness (QED) is 0.758. The average molecular weight is 287 g/mol. The predicted octanol–water partition coefficient (Wildman–Crippen LogP) is 2.05. The molecule has 0 aromatic rings. The molecule has 4 fully saturated rings. The van der Waals surface area contributed by atoms with Crippen molar-refractivity contribution in [3.63, 3.8) is 0 Å². The summed E-state index contributed by atoms with van der Waals surface area (Å²) in [6.45, 7) is 0. The number of hydrogen-bond acceptors (Lipinski definition) is 3. The Balaban J connectivity index is 1.55. The molecule has 4 nitrogen and oxygen atoms in total. The number of rotatable bonds is 5. The summed E-state index contributed by atoms with van der Waals surface area (Å²) in [7, 11) is -3.86. The van der Waals surface area contributed by atoms with Crippen molar-refractivity contribution < 1.29 is 13.0 Å². The molecule has 4 rings (SSSR count). The van der Waals surface area contributed by atoms with Gasteiger partial charge in [-0.25, -0.2) is 0 Å². The van der Waals surface area contributed by atoms with Crippen LogP contribution in [0.3, 0.4) is 0 Å². The highest BCUT2D eigenvalue weighted by Crippen LogP contribution is 2.57. The van der Waals surface area contributed by atoms with E-state index in [1.54, 1.807) is 0 Å². The molecule has 4 aliphatic rings. The van der Waals surface area contributed by atoms with Crippen molar-refractivity contribution in [1.82, 2.24) is 0 Å². The first-order chi connectivity index (χ1) is 8.90. The highest BCUT2D eigenvalue weighted by atomic mass is 32.2. The van der Waals surface area contributed by atoms with E-state index in [0.29, 0.717) is 12.3 Å². The Morgan fingerprint density at radius 1 is 1.05 bits per heavy atom. The molecule has 4 aliphatic carbocycles. The fraction of sp³-hybridized carbons (Fsp3) is 1.00. The predicted molar refractivity (Wildman–Crippen MR) is 74.2 cm³/mol. The van der Waals surface area contributed by atoms with Crippen molar-refractivity contribution in [2.24, 2.45) is 35.3 Å². The first kappa shape index (κ1) is 13.8. The number of hydrogen-bond donors (Lipinski definition) is 2. The molecule has 0 spiro atoms. The van der Waals surface area contributed by atoms with Crippen LogP contribution in [0.2, 0.25) is 0 Å². The summed E-state index contributed by atoms with van der Waals surface area (Å²) in [5.41, 5.74) is 6.09. The lowest BCUT2D eigenvalue weighted by atomic mass is 9.51. The molecule has 4 saturated carbocycles. The zero-order valence-electron chi connectivity index (χ0n) is 11.4. The van der Waals surface area contributed by atoms with Crippen LogP contribution >= 0.6 is 0 Å². The van der Waals surface area contributed by atoms with Gasteiger partial charge in [-0.2, -0.15) is 8.42 Å². The van der Waals surface area contributed by atoms with Gasteiger partial charge in [0.1, 0.15) is 0 Å². The van der Waals surface area contributed by atoms with Gasteiger partial charge in [-0.1, -0.05) is 0 Å². The van der Waals surface area contributed by atoms with Crippen LogP contribution in [-0.2, 0) is 10.1 Å². The topological polar surface area (TPSA) is 80.4 Å². The van der Waals surface area contributed by atoms with E-state index in [9.17, 15) is 8.42 Å². The van der Waals surface area contributed by atoms with E-state index in [1.165, 1.54) is 32.1 Å². The highest BCUT2D eigenvalue weighted by molar-refractivity contribution is 7.85. The van der Waals surface area contributed by atoms with Crippen LogP contribution in [-0.4, -0.2) is 24.8 Å². The van der Waals surface area contributed by atoms with Crippen molar-refractivity contribution in [3.8, 4) is 0 Å². The maximum atomic E-state index is 10.8. The third-order valence-corrected chi connectivity index (χ3v) is 6.50. The first-order valence-electron chi connectivity index (χ1n) is 7.61. The Hall–Kier alpha value is -0.130. The summed E-state index contributed by atoms with van der Waals surface area (Å²) in [6.07, 6.45) is 8.30. The third-order valence-electron chi connectivity index (χ3n) is 5.74. The minimum Gasteiger partial charge on any atom is -0.328 e. The van der Waals surface area contributed by atoms with Crippen molar-refractivity contribution in [3.05, 3.63) is 0 Å². The second kappa shape index (κ2) is 5.01. The fourth-order valence-corrected chi connectivity index (χ4v) is 5.79. The fourth-order valence-electron chi connectivity index (χ4n) is 5.19. The van der Waals surface area contributed by atoms with Gasteiger partial charge in [-0.15, -0.1) is 0 Å². The lowest BCUT2D eigenvalue weighted by Crippen LogP contribution is -2.46. The van der Waals surface area contributed by atoms with Crippen LogP contribution in [0.1, 0.15) is 44.9 Å². The molecule has 1 unspecified atom stereocenters. The van der Waals surface area contributed by atoms with Gasteiger partial charge in [0.05, 0.1) is 5.75 Å². The third kappa shape index (κ3) is 3.14. The van der Waals surface area contributed by atoms with E-state index < -0.39 is 10.1 Å². The normalized spacial score (nSPS) is 42.5. The highest BCUT2D eigenvalue weighted by Gasteiger charge is 2.48. The van der Waals surface area contributed by atoms with E-state index in [0.717, 1.165) is 30.1 Å². The van der Waals surface area contributed by atoms with Gasteiger partial charge in [-0.3, -0.25) is 4.55 Å². The van der Waals surface area contributed by atoms with Gasteiger partial charge in [-0.05, 0) is 74.5 Å². The van der Waals surface area contributed by atoms with E-state index >= 15 is 0 Å². The Morgan fingerprint density at radius 3 is 2.05 bits per heavy atom. The zero-order chi connectivity index (χ0) is 13.6. The molecule has 5 heteroatoms. The van der Waals surface area contributed by atoms with Crippen LogP contribution in [0.25, 0.3) is 0 Å². The summed E-state index contributed by atoms with van der Waals surface area (Å²) in [5.74, 6) is 4.13. The van der Waals surface area contributed by atoms with Crippen LogP contribution in [0.5, 0.6) is 0 Å². The molecular weight excluding hydrogens is 262 g/mol. The van der Waals surface area contributed by atoms with Gasteiger partial charge in [0.15, 0.2) is 0 Å². The molecule has 3 N–H and O–H groups in total. The van der Waals surface area contributed by atoms with Crippen LogP contribution in [0.15, 0.2) is 0 Å². The molecule has 0 aromatic carbocycles. The smallest absolute Gasteiger partial charge is 0.264 e. The Kier molecular flexibility index (Phi) is 3.65. The summed E-state index contributed by atoms with van der Waals surface area (Å²) in [6, 6.07) is -0.0792. The van der Waals surface area contributed by atoms with Crippen LogP contribution in [0.4, 0.5) is 0 Å². The van der Waals surface area contributed by atoms with Gasteiger partial charge in [0, 0.05) is 6.04 Å². The maximum Gasteiger partial charge on any atom is 0.264 e. The molecule has 0 aliphatic heterocycles. The molecular formula is C14H25NO3S. The largest absolute Gasteiger partial charge is 0.328 e. The average Bonchev–Trinajstić information content (AvgIpc) is 2.29. The lowest BCUT2D eigenvalue weighted by molar-refractivity contribution is -0.0420. The second-order valence-corrected chi connectivity index (χ2v) is 8.74. The van der Waals surface area contributed by atoms with Crippen molar-refractivity contribution >= 4 is 10.1 Å². The van der Waals surface area contributed by atoms with E-state index in [4.69, 9.17) is 10.3 Å². The van der Waals surface area contributed by atoms with Crippen molar-refractivity contribution in [1.29, 1.82) is 0 Å². The van der Waals surface area contributed by atoms with Crippen molar-refractivity contribution in [2.45, 2.75) is 51.0 Å². The first-order valence-corrected chi connectivity index (χ1v) is 9.22. The molecule has 0 saturated heterocycles. The van der Waals surface area contributed by atoms with E-state index in [1.807, 2.05) is 0 Å². The Labute approximate surface area is 115 Å². The molecule has 4 bridgehead atoms. The van der Waals surface area contributed by atoms with Gasteiger partial charge >= 0.3 is 0 Å². The SMILES string of the molecule is NC(CCS(=O)(=O)O)CC1C2CC3CC(C2)CC1C3. The standard InChI is InChI=1S/C14H25NO3S/c15-13(1-2-19(16,17)18)8-14-11-4-9-3-10(6-11)7-12(14)5-9/h9-14H,1-8,15H2,(H,16,17,18). The molecule has 1 atom stereocenters. The number of nitrogens with two attached hydrogens (primary N) is 1. The summed E-state index contributed by atoms with van der Waals surface area (Å²) in [5, 5.41) is 0.